The van der Waals surface area contributed by atoms with Crippen LogP contribution in [-0.2, 0) is 0 Å². The summed E-state index contributed by atoms with van der Waals surface area (Å²) in [6.07, 6.45) is 3.54. The van der Waals surface area contributed by atoms with Gasteiger partial charge in [0, 0.05) is 18.2 Å². The minimum atomic E-state index is -0.447. The molecule has 4 rings (SSSR count). The molecule has 7 nitrogen and oxygen atoms in total. The van der Waals surface area contributed by atoms with E-state index in [0.29, 0.717) is 23.4 Å². The molecule has 0 radical (unpaired) electrons. The van der Waals surface area contributed by atoms with E-state index in [0.717, 1.165) is 25.7 Å². The Kier molecular flexibility index (Phi) is 5.35. The van der Waals surface area contributed by atoms with Crippen LogP contribution in [0.2, 0.25) is 0 Å². The molecule has 2 N–H and O–H groups in total. The fourth-order valence-electron chi connectivity index (χ4n) is 3.43. The number of fused-ring (bicyclic) bond motifs is 1. The van der Waals surface area contributed by atoms with Crippen molar-refractivity contribution in [2.75, 3.05) is 11.9 Å². The van der Waals surface area contributed by atoms with Crippen molar-refractivity contribution < 1.29 is 19.2 Å². The molecule has 0 atom stereocenters. The van der Waals surface area contributed by atoms with Gasteiger partial charge in [0.25, 0.3) is 23.6 Å². The molecule has 0 bridgehead atoms. The maximum atomic E-state index is 12.8. The van der Waals surface area contributed by atoms with Crippen LogP contribution >= 0.6 is 0 Å². The summed E-state index contributed by atoms with van der Waals surface area (Å²) < 4.78 is 0. The second-order valence-corrected chi connectivity index (χ2v) is 7.62. The van der Waals surface area contributed by atoms with Crippen LogP contribution in [0.3, 0.4) is 0 Å². The summed E-state index contributed by atoms with van der Waals surface area (Å²) in [6, 6.07) is 11.5. The number of benzene rings is 2. The van der Waals surface area contributed by atoms with Crippen molar-refractivity contribution >= 4 is 29.3 Å². The lowest BCUT2D eigenvalue weighted by Crippen LogP contribution is -2.30. The Bertz CT molecular complexity index is 1040. The maximum Gasteiger partial charge on any atom is 0.261 e. The van der Waals surface area contributed by atoms with Crippen LogP contribution in [-0.4, -0.2) is 41.1 Å². The number of hydrogen-bond donors (Lipinski definition) is 2. The first-order valence-electron chi connectivity index (χ1n) is 10.2. The van der Waals surface area contributed by atoms with E-state index >= 15 is 0 Å². The van der Waals surface area contributed by atoms with Gasteiger partial charge in [-0.3, -0.25) is 24.1 Å². The third-order valence-electron chi connectivity index (χ3n) is 5.30. The van der Waals surface area contributed by atoms with Crippen LogP contribution in [0.4, 0.5) is 5.69 Å². The first-order valence-corrected chi connectivity index (χ1v) is 10.2. The van der Waals surface area contributed by atoms with E-state index in [1.165, 1.54) is 23.1 Å². The molecular weight excluding hydrogens is 382 g/mol. The van der Waals surface area contributed by atoms with Crippen LogP contribution in [0.25, 0.3) is 0 Å². The van der Waals surface area contributed by atoms with Gasteiger partial charge in [-0.1, -0.05) is 25.5 Å². The lowest BCUT2D eigenvalue weighted by molar-refractivity contribution is 0.0651. The predicted molar refractivity (Wildman–Crippen MR) is 112 cm³/mol. The lowest BCUT2D eigenvalue weighted by atomic mass is 10.0. The largest absolute Gasteiger partial charge is 0.349 e. The molecule has 2 aliphatic rings. The second-order valence-electron chi connectivity index (χ2n) is 7.62. The fraction of sp³-hybridized carbons (Fsp3) is 0.304. The number of anilines is 1. The standard InChI is InChI=1S/C23H23N3O4/c1-2-3-12-26-22(29)16-11-8-14(13-18(16)23(26)30)20(27)25-19-7-5-4-6-17(19)21(28)24-15-9-10-15/h4-8,11,13,15H,2-3,9-10,12H2,1H3,(H,24,28)(H,25,27). The van der Waals surface area contributed by atoms with Gasteiger partial charge < -0.3 is 10.6 Å². The van der Waals surface area contributed by atoms with Crippen molar-refractivity contribution in [2.24, 2.45) is 0 Å². The van der Waals surface area contributed by atoms with E-state index in [-0.39, 0.29) is 34.9 Å². The molecule has 1 aliphatic carbocycles. The lowest BCUT2D eigenvalue weighted by Gasteiger charge is -2.12. The molecule has 0 aromatic heterocycles. The van der Waals surface area contributed by atoms with Gasteiger partial charge in [-0.05, 0) is 49.6 Å². The highest BCUT2D eigenvalue weighted by molar-refractivity contribution is 6.22. The summed E-state index contributed by atoms with van der Waals surface area (Å²) in [5.74, 6) is -1.37. The summed E-state index contributed by atoms with van der Waals surface area (Å²) in [6.45, 7) is 2.36. The summed E-state index contributed by atoms with van der Waals surface area (Å²) in [4.78, 5) is 51.6. The maximum absolute atomic E-state index is 12.8. The molecule has 2 aromatic rings. The number of unbranched alkanes of at least 4 members (excludes halogenated alkanes) is 1. The van der Waals surface area contributed by atoms with Crippen molar-refractivity contribution in [3.05, 3.63) is 64.7 Å². The van der Waals surface area contributed by atoms with Crippen molar-refractivity contribution in [2.45, 2.75) is 38.6 Å². The molecular formula is C23H23N3O4. The Morgan fingerprint density at radius 3 is 2.47 bits per heavy atom. The minimum Gasteiger partial charge on any atom is -0.349 e. The number of para-hydroxylation sites is 1. The highest BCUT2D eigenvalue weighted by Crippen LogP contribution is 2.26. The van der Waals surface area contributed by atoms with E-state index in [2.05, 4.69) is 10.6 Å². The number of nitrogens with zero attached hydrogens (tertiary/aromatic N) is 1. The SMILES string of the molecule is CCCCN1C(=O)c2ccc(C(=O)Nc3ccccc3C(=O)NC3CC3)cc2C1=O. The quantitative estimate of drug-likeness (QED) is 0.692. The molecule has 30 heavy (non-hydrogen) atoms. The molecule has 1 aliphatic heterocycles. The number of carbonyl (C=O) groups excluding carboxylic acids is 4. The molecule has 1 saturated carbocycles. The van der Waals surface area contributed by atoms with Gasteiger partial charge in [0.15, 0.2) is 0 Å². The van der Waals surface area contributed by atoms with Crippen molar-refractivity contribution in [3.63, 3.8) is 0 Å². The molecule has 4 amide bonds. The van der Waals surface area contributed by atoms with Crippen molar-refractivity contribution in [1.82, 2.24) is 10.2 Å². The molecule has 1 fully saturated rings. The average Bonchev–Trinajstić information content (AvgIpc) is 3.53. The number of carbonyl (C=O) groups is 4. The number of hydrogen-bond acceptors (Lipinski definition) is 4. The van der Waals surface area contributed by atoms with Gasteiger partial charge >= 0.3 is 0 Å². The number of rotatable bonds is 7. The van der Waals surface area contributed by atoms with Gasteiger partial charge in [0.2, 0.25) is 0 Å². The third-order valence-corrected chi connectivity index (χ3v) is 5.30. The third kappa shape index (κ3) is 3.83. The molecule has 0 spiro atoms. The monoisotopic (exact) mass is 405 g/mol. The van der Waals surface area contributed by atoms with E-state index in [9.17, 15) is 19.2 Å². The summed E-state index contributed by atoms with van der Waals surface area (Å²) >= 11 is 0. The Balaban J connectivity index is 1.54. The van der Waals surface area contributed by atoms with Crippen molar-refractivity contribution in [1.29, 1.82) is 0 Å². The Hall–Kier alpha value is -3.48. The van der Waals surface area contributed by atoms with Crippen LogP contribution in [0.15, 0.2) is 42.5 Å². The Morgan fingerprint density at radius 2 is 1.73 bits per heavy atom. The Labute approximate surface area is 174 Å². The van der Waals surface area contributed by atoms with E-state index in [4.69, 9.17) is 0 Å². The van der Waals surface area contributed by atoms with E-state index in [1.807, 2.05) is 6.92 Å². The van der Waals surface area contributed by atoms with Gasteiger partial charge in [-0.2, -0.15) is 0 Å². The van der Waals surface area contributed by atoms with Gasteiger partial charge in [-0.15, -0.1) is 0 Å². The molecule has 2 aromatic carbocycles. The summed E-state index contributed by atoms with van der Waals surface area (Å²) in [5, 5.41) is 5.67. The Morgan fingerprint density at radius 1 is 1.00 bits per heavy atom. The molecule has 154 valence electrons. The molecule has 0 unspecified atom stereocenters. The van der Waals surface area contributed by atoms with Crippen LogP contribution in [0.5, 0.6) is 0 Å². The number of imide groups is 1. The van der Waals surface area contributed by atoms with Crippen molar-refractivity contribution in [3.8, 4) is 0 Å². The minimum absolute atomic E-state index is 0.206. The smallest absolute Gasteiger partial charge is 0.261 e. The first-order chi connectivity index (χ1) is 14.5. The first kappa shape index (κ1) is 19.8. The average molecular weight is 405 g/mol. The zero-order valence-corrected chi connectivity index (χ0v) is 16.7. The normalized spacial score (nSPS) is 15.2. The van der Waals surface area contributed by atoms with Crippen LogP contribution < -0.4 is 10.6 Å². The fourth-order valence-corrected chi connectivity index (χ4v) is 3.43. The zero-order valence-electron chi connectivity index (χ0n) is 16.7. The van der Waals surface area contributed by atoms with Gasteiger partial charge in [0.1, 0.15) is 0 Å². The number of amides is 4. The van der Waals surface area contributed by atoms with Crippen LogP contribution in [0, 0.1) is 0 Å². The van der Waals surface area contributed by atoms with E-state index in [1.54, 1.807) is 24.3 Å². The molecule has 0 saturated heterocycles. The molecule has 7 heteroatoms. The zero-order chi connectivity index (χ0) is 21.3. The topological polar surface area (TPSA) is 95.6 Å². The summed E-state index contributed by atoms with van der Waals surface area (Å²) in [7, 11) is 0. The predicted octanol–water partition coefficient (Wildman–Crippen LogP) is 3.23. The summed E-state index contributed by atoms with van der Waals surface area (Å²) in [5.41, 5.74) is 1.59. The van der Waals surface area contributed by atoms with E-state index < -0.39 is 5.91 Å². The van der Waals surface area contributed by atoms with Crippen LogP contribution in [0.1, 0.15) is 74.0 Å². The highest BCUT2D eigenvalue weighted by atomic mass is 16.2. The number of nitrogens with one attached hydrogen (secondary N) is 2. The molecule has 1 heterocycles. The van der Waals surface area contributed by atoms with Gasteiger partial charge in [0.05, 0.1) is 22.4 Å². The second kappa shape index (κ2) is 8.10. The van der Waals surface area contributed by atoms with Gasteiger partial charge in [-0.25, -0.2) is 0 Å². The highest BCUT2D eigenvalue weighted by Gasteiger charge is 2.35.